The van der Waals surface area contributed by atoms with Crippen LogP contribution in [0.1, 0.15) is 58.8 Å². The van der Waals surface area contributed by atoms with E-state index in [4.69, 9.17) is 0 Å². The Labute approximate surface area is 83.6 Å². The van der Waals surface area contributed by atoms with Crippen molar-refractivity contribution >= 4 is 0 Å². The molecule has 0 aromatic heterocycles. The van der Waals surface area contributed by atoms with Gasteiger partial charge >= 0.3 is 0 Å². The second kappa shape index (κ2) is 9.63. The Hall–Kier alpha value is -0.460. The van der Waals surface area contributed by atoms with Gasteiger partial charge in [0.2, 0.25) is 0 Å². The van der Waals surface area contributed by atoms with E-state index in [1.807, 2.05) is 0 Å². The fraction of sp³-hybridized carbons (Fsp3) is 0.833. The van der Waals surface area contributed by atoms with E-state index in [1.165, 1.54) is 44.2 Å². The molecule has 0 fully saturated rings. The van der Waals surface area contributed by atoms with Crippen LogP contribution in [0.2, 0.25) is 0 Å². The van der Waals surface area contributed by atoms with Crippen LogP contribution in [0.25, 0.3) is 0 Å². The molecular weight excluding hydrogens is 158 g/mol. The molecule has 0 rings (SSSR count). The fourth-order valence-electron chi connectivity index (χ4n) is 1.30. The van der Waals surface area contributed by atoms with Crippen LogP contribution < -0.4 is 5.32 Å². The van der Waals surface area contributed by atoms with Gasteiger partial charge in [-0.3, -0.25) is 0 Å². The zero-order chi connectivity index (χ0) is 9.94. The summed E-state index contributed by atoms with van der Waals surface area (Å²) in [5.74, 6) is 0. The largest absolute Gasteiger partial charge is 0.389 e. The highest BCUT2D eigenvalue weighted by molar-refractivity contribution is 4.90. The van der Waals surface area contributed by atoms with Gasteiger partial charge in [-0.15, -0.1) is 0 Å². The molecule has 1 N–H and O–H groups in total. The Bertz CT molecular complexity index is 118. The van der Waals surface area contributed by atoms with E-state index in [2.05, 4.69) is 25.7 Å². The van der Waals surface area contributed by atoms with Crippen LogP contribution in [0, 0.1) is 0 Å². The van der Waals surface area contributed by atoms with Gasteiger partial charge in [0.25, 0.3) is 0 Å². The Balaban J connectivity index is 3.11. The number of nitrogens with one attached hydrogen (secondary N) is 1. The molecule has 0 aliphatic carbocycles. The van der Waals surface area contributed by atoms with E-state index >= 15 is 0 Å². The standard InChI is InChI=1S/C12H25N/c1-4-6-8-9-10-12(3)13-11-7-5-2/h13H,3-11H2,1-2H3. The molecule has 0 radical (unpaired) electrons. The van der Waals surface area contributed by atoms with Crippen molar-refractivity contribution in [2.75, 3.05) is 6.54 Å². The minimum absolute atomic E-state index is 1.10. The molecule has 0 saturated heterocycles. The van der Waals surface area contributed by atoms with E-state index in [1.54, 1.807) is 0 Å². The van der Waals surface area contributed by atoms with Crippen molar-refractivity contribution < 1.29 is 0 Å². The van der Waals surface area contributed by atoms with Crippen LogP contribution in [0.15, 0.2) is 12.3 Å². The third-order valence-corrected chi connectivity index (χ3v) is 2.24. The van der Waals surface area contributed by atoms with Crippen LogP contribution >= 0.6 is 0 Å². The highest BCUT2D eigenvalue weighted by Gasteiger charge is 1.93. The summed E-state index contributed by atoms with van der Waals surface area (Å²) in [7, 11) is 0. The minimum Gasteiger partial charge on any atom is -0.389 e. The molecule has 1 heteroatoms. The first-order chi connectivity index (χ1) is 6.31. The number of unbranched alkanes of at least 4 members (excludes halogenated alkanes) is 4. The topological polar surface area (TPSA) is 12.0 Å². The minimum atomic E-state index is 1.10. The molecule has 0 aliphatic heterocycles. The Kier molecular flexibility index (Phi) is 9.29. The molecule has 1 nitrogen and oxygen atoms in total. The lowest BCUT2D eigenvalue weighted by molar-refractivity contribution is 0.627. The third-order valence-electron chi connectivity index (χ3n) is 2.24. The van der Waals surface area contributed by atoms with Crippen molar-refractivity contribution in [2.45, 2.75) is 58.8 Å². The normalized spacial score (nSPS) is 10.0. The van der Waals surface area contributed by atoms with Crippen LogP contribution in [0.4, 0.5) is 0 Å². The van der Waals surface area contributed by atoms with Crippen molar-refractivity contribution in [1.29, 1.82) is 0 Å². The average molecular weight is 183 g/mol. The molecule has 0 amide bonds. The van der Waals surface area contributed by atoms with Gasteiger partial charge < -0.3 is 5.32 Å². The molecule has 0 atom stereocenters. The summed E-state index contributed by atoms with van der Waals surface area (Å²) in [4.78, 5) is 0. The van der Waals surface area contributed by atoms with Gasteiger partial charge in [0, 0.05) is 12.2 Å². The fourth-order valence-corrected chi connectivity index (χ4v) is 1.30. The first-order valence-electron chi connectivity index (χ1n) is 5.72. The van der Waals surface area contributed by atoms with Gasteiger partial charge in [-0.2, -0.15) is 0 Å². The summed E-state index contributed by atoms with van der Waals surface area (Å²) in [5, 5.41) is 3.37. The van der Waals surface area contributed by atoms with Gasteiger partial charge in [-0.05, 0) is 19.3 Å². The van der Waals surface area contributed by atoms with Crippen molar-refractivity contribution in [1.82, 2.24) is 5.32 Å². The SMILES string of the molecule is C=C(CCCCCC)NCCCC. The molecule has 0 spiro atoms. The van der Waals surface area contributed by atoms with Crippen LogP contribution in [-0.2, 0) is 0 Å². The van der Waals surface area contributed by atoms with Crippen molar-refractivity contribution in [3.63, 3.8) is 0 Å². The number of hydrogen-bond acceptors (Lipinski definition) is 1. The molecule has 0 heterocycles. The second-order valence-corrected chi connectivity index (χ2v) is 3.69. The van der Waals surface area contributed by atoms with E-state index in [0.717, 1.165) is 13.0 Å². The van der Waals surface area contributed by atoms with Crippen LogP contribution in [-0.4, -0.2) is 6.54 Å². The maximum Gasteiger partial charge on any atom is 0.0143 e. The Morgan fingerprint density at radius 2 is 1.69 bits per heavy atom. The summed E-state index contributed by atoms with van der Waals surface area (Å²) < 4.78 is 0. The smallest absolute Gasteiger partial charge is 0.0143 e. The first-order valence-corrected chi connectivity index (χ1v) is 5.72. The molecule has 78 valence electrons. The van der Waals surface area contributed by atoms with E-state index < -0.39 is 0 Å². The third kappa shape index (κ3) is 9.45. The molecule has 0 saturated carbocycles. The quantitative estimate of drug-likeness (QED) is 0.535. The van der Waals surface area contributed by atoms with Crippen LogP contribution in [0.3, 0.4) is 0 Å². The molecule has 0 unspecified atom stereocenters. The van der Waals surface area contributed by atoms with Gasteiger partial charge in [0.05, 0.1) is 0 Å². The second-order valence-electron chi connectivity index (χ2n) is 3.69. The highest BCUT2D eigenvalue weighted by atomic mass is 14.9. The zero-order valence-electron chi connectivity index (χ0n) is 9.36. The van der Waals surface area contributed by atoms with Crippen molar-refractivity contribution in [2.24, 2.45) is 0 Å². The summed E-state index contributed by atoms with van der Waals surface area (Å²) in [6.07, 6.45) is 9.00. The van der Waals surface area contributed by atoms with E-state index in [-0.39, 0.29) is 0 Å². The number of rotatable bonds is 9. The summed E-state index contributed by atoms with van der Waals surface area (Å²) >= 11 is 0. The molecule has 13 heavy (non-hydrogen) atoms. The summed E-state index contributed by atoms with van der Waals surface area (Å²) in [6.45, 7) is 9.57. The molecule has 0 bridgehead atoms. The van der Waals surface area contributed by atoms with E-state index in [0.29, 0.717) is 0 Å². The maximum atomic E-state index is 4.01. The summed E-state index contributed by atoms with van der Waals surface area (Å²) in [5.41, 5.74) is 1.23. The van der Waals surface area contributed by atoms with E-state index in [9.17, 15) is 0 Å². The number of hydrogen-bond donors (Lipinski definition) is 1. The van der Waals surface area contributed by atoms with Gasteiger partial charge in [0.15, 0.2) is 0 Å². The lowest BCUT2D eigenvalue weighted by Gasteiger charge is -2.08. The van der Waals surface area contributed by atoms with Crippen molar-refractivity contribution in [3.8, 4) is 0 Å². The highest BCUT2D eigenvalue weighted by Crippen LogP contribution is 2.06. The lowest BCUT2D eigenvalue weighted by atomic mass is 10.1. The van der Waals surface area contributed by atoms with Gasteiger partial charge in [-0.1, -0.05) is 46.1 Å². The molecular formula is C12H25N. The van der Waals surface area contributed by atoms with Crippen molar-refractivity contribution in [3.05, 3.63) is 12.3 Å². The predicted octanol–water partition coefficient (Wildman–Crippen LogP) is 3.86. The molecule has 0 aromatic rings. The Morgan fingerprint density at radius 1 is 1.00 bits per heavy atom. The van der Waals surface area contributed by atoms with Gasteiger partial charge in [-0.25, -0.2) is 0 Å². The molecule has 0 aromatic carbocycles. The predicted molar refractivity (Wildman–Crippen MR) is 60.8 cm³/mol. The monoisotopic (exact) mass is 183 g/mol. The average Bonchev–Trinajstić information content (AvgIpc) is 2.13. The summed E-state index contributed by atoms with van der Waals surface area (Å²) in [6, 6.07) is 0. The van der Waals surface area contributed by atoms with Crippen LogP contribution in [0.5, 0.6) is 0 Å². The van der Waals surface area contributed by atoms with Gasteiger partial charge in [0.1, 0.15) is 0 Å². The molecule has 0 aliphatic rings. The Morgan fingerprint density at radius 3 is 2.31 bits per heavy atom. The zero-order valence-corrected chi connectivity index (χ0v) is 9.36. The first kappa shape index (κ1) is 12.5. The number of allylic oxidation sites excluding steroid dienone is 1. The maximum absolute atomic E-state index is 4.01. The lowest BCUT2D eigenvalue weighted by Crippen LogP contribution is -2.13.